The highest BCUT2D eigenvalue weighted by Gasteiger charge is 2.36. The number of hydrogen-bond acceptors (Lipinski definition) is 2. The normalized spacial score (nSPS) is 15.3. The van der Waals surface area contributed by atoms with Crippen molar-refractivity contribution in [1.82, 2.24) is 4.98 Å². The van der Waals surface area contributed by atoms with Crippen molar-refractivity contribution in [2.24, 2.45) is 0 Å². The van der Waals surface area contributed by atoms with Gasteiger partial charge in [0, 0.05) is 0 Å². The first-order valence-corrected chi connectivity index (χ1v) is 6.11. The van der Waals surface area contributed by atoms with E-state index >= 15 is 0 Å². The minimum Gasteiger partial charge on any atom is -0.237 e. The van der Waals surface area contributed by atoms with Crippen molar-refractivity contribution in [1.29, 1.82) is 5.26 Å². The van der Waals surface area contributed by atoms with Crippen LogP contribution in [-0.4, -0.2) is 12.8 Å². The van der Waals surface area contributed by atoms with Crippen LogP contribution >= 0.6 is 0 Å². The summed E-state index contributed by atoms with van der Waals surface area (Å²) in [6.45, 7) is 0. The standard InChI is InChI=1S/C14H8BF3N2/c15-12-5-9(6-19)20-13-10(12)3-8(7-1-2-7)4-11(13)14(16,17)18/h3-5,7H,1-2H2. The largest absolute Gasteiger partial charge is 0.418 e. The van der Waals surface area contributed by atoms with Crippen molar-refractivity contribution >= 4 is 24.2 Å². The molecule has 0 aliphatic heterocycles. The van der Waals surface area contributed by atoms with Gasteiger partial charge < -0.3 is 0 Å². The number of nitriles is 1. The molecule has 1 aliphatic carbocycles. The summed E-state index contributed by atoms with van der Waals surface area (Å²) in [5, 5.41) is 9.08. The predicted molar refractivity (Wildman–Crippen MR) is 68.8 cm³/mol. The Bertz CT molecular complexity index is 743. The SMILES string of the molecule is [B]c1cc(C#N)nc2c(C(F)(F)F)cc(C3CC3)cc12. The first-order chi connectivity index (χ1) is 9.40. The zero-order chi connectivity index (χ0) is 14.5. The molecule has 0 bridgehead atoms. The molecule has 20 heavy (non-hydrogen) atoms. The van der Waals surface area contributed by atoms with E-state index in [2.05, 4.69) is 4.98 Å². The van der Waals surface area contributed by atoms with E-state index in [0.29, 0.717) is 5.56 Å². The van der Waals surface area contributed by atoms with E-state index < -0.39 is 11.7 Å². The van der Waals surface area contributed by atoms with Gasteiger partial charge in [-0.1, -0.05) is 5.46 Å². The van der Waals surface area contributed by atoms with Crippen LogP contribution in [0.2, 0.25) is 0 Å². The lowest BCUT2D eigenvalue weighted by atomic mass is 9.88. The molecule has 1 fully saturated rings. The first-order valence-electron chi connectivity index (χ1n) is 6.11. The third kappa shape index (κ3) is 2.13. The number of halogens is 3. The Labute approximate surface area is 114 Å². The molecule has 1 aliphatic rings. The average molecular weight is 272 g/mol. The molecule has 0 unspecified atom stereocenters. The predicted octanol–water partition coefficient (Wildman–Crippen LogP) is 2.80. The molecule has 0 amide bonds. The van der Waals surface area contributed by atoms with E-state index in [0.717, 1.165) is 18.9 Å². The summed E-state index contributed by atoms with van der Waals surface area (Å²) in [5.41, 5.74) is -0.388. The summed E-state index contributed by atoms with van der Waals surface area (Å²) < 4.78 is 39.6. The van der Waals surface area contributed by atoms with Crippen LogP contribution in [0.1, 0.15) is 35.6 Å². The number of benzene rings is 1. The second-order valence-electron chi connectivity index (χ2n) is 4.95. The third-order valence-corrected chi connectivity index (χ3v) is 3.44. The van der Waals surface area contributed by atoms with Crippen molar-refractivity contribution in [3.8, 4) is 6.07 Å². The van der Waals surface area contributed by atoms with Crippen LogP contribution < -0.4 is 5.46 Å². The van der Waals surface area contributed by atoms with Crippen molar-refractivity contribution in [3.05, 3.63) is 35.0 Å². The van der Waals surface area contributed by atoms with E-state index in [1.165, 1.54) is 6.07 Å². The average Bonchev–Trinajstić information content (AvgIpc) is 3.20. The molecule has 6 heteroatoms. The maximum atomic E-state index is 13.2. The van der Waals surface area contributed by atoms with E-state index in [4.69, 9.17) is 13.1 Å². The lowest BCUT2D eigenvalue weighted by molar-refractivity contribution is -0.136. The zero-order valence-electron chi connectivity index (χ0n) is 10.3. The fourth-order valence-corrected chi connectivity index (χ4v) is 2.30. The summed E-state index contributed by atoms with van der Waals surface area (Å²) >= 11 is 0. The lowest BCUT2D eigenvalue weighted by Crippen LogP contribution is -2.13. The Morgan fingerprint density at radius 2 is 1.95 bits per heavy atom. The van der Waals surface area contributed by atoms with Crippen LogP contribution in [0.15, 0.2) is 18.2 Å². The molecular formula is C14H8BF3N2. The van der Waals surface area contributed by atoms with Crippen LogP contribution in [0.4, 0.5) is 13.2 Å². The van der Waals surface area contributed by atoms with Gasteiger partial charge in [0.1, 0.15) is 19.6 Å². The summed E-state index contributed by atoms with van der Waals surface area (Å²) in [6.07, 6.45) is -2.73. The van der Waals surface area contributed by atoms with E-state index in [9.17, 15) is 13.2 Å². The van der Waals surface area contributed by atoms with E-state index in [1.54, 1.807) is 12.1 Å². The summed E-state index contributed by atoms with van der Waals surface area (Å²) in [7, 11) is 5.78. The van der Waals surface area contributed by atoms with Gasteiger partial charge in [-0.25, -0.2) is 4.98 Å². The zero-order valence-corrected chi connectivity index (χ0v) is 10.3. The monoisotopic (exact) mass is 272 g/mol. The van der Waals surface area contributed by atoms with Crippen LogP contribution in [0, 0.1) is 11.3 Å². The van der Waals surface area contributed by atoms with E-state index in [1.807, 2.05) is 0 Å². The maximum absolute atomic E-state index is 13.2. The quantitative estimate of drug-likeness (QED) is 0.748. The van der Waals surface area contributed by atoms with Gasteiger partial charge in [0.15, 0.2) is 0 Å². The van der Waals surface area contributed by atoms with Gasteiger partial charge in [-0.15, -0.1) is 0 Å². The van der Waals surface area contributed by atoms with Crippen LogP contribution in [0.3, 0.4) is 0 Å². The number of rotatable bonds is 1. The minimum absolute atomic E-state index is 0.111. The Kier molecular flexibility index (Phi) is 2.75. The highest BCUT2D eigenvalue weighted by molar-refractivity contribution is 6.38. The molecule has 0 N–H and O–H groups in total. The third-order valence-electron chi connectivity index (χ3n) is 3.44. The summed E-state index contributed by atoms with van der Waals surface area (Å²) in [5.74, 6) is 0.176. The van der Waals surface area contributed by atoms with Crippen molar-refractivity contribution < 1.29 is 13.2 Å². The van der Waals surface area contributed by atoms with E-state index in [-0.39, 0.29) is 28.0 Å². The highest BCUT2D eigenvalue weighted by Crippen LogP contribution is 2.43. The molecule has 0 saturated heterocycles. The number of fused-ring (bicyclic) bond motifs is 1. The second kappa shape index (κ2) is 4.24. The second-order valence-corrected chi connectivity index (χ2v) is 4.95. The molecular weight excluding hydrogens is 264 g/mol. The van der Waals surface area contributed by atoms with Gasteiger partial charge in [0.25, 0.3) is 0 Å². The molecule has 98 valence electrons. The molecule has 0 atom stereocenters. The molecule has 2 aromatic rings. The molecule has 1 saturated carbocycles. The van der Waals surface area contributed by atoms with Crippen LogP contribution in [0.5, 0.6) is 0 Å². The van der Waals surface area contributed by atoms with Crippen molar-refractivity contribution in [2.45, 2.75) is 24.9 Å². The number of hydrogen-bond donors (Lipinski definition) is 0. The fraction of sp³-hybridized carbons (Fsp3) is 0.286. The number of pyridine rings is 1. The molecule has 1 aromatic carbocycles. The molecule has 2 radical (unpaired) electrons. The first kappa shape index (κ1) is 13.0. The van der Waals surface area contributed by atoms with Gasteiger partial charge in [-0.05, 0) is 47.9 Å². The summed E-state index contributed by atoms with van der Waals surface area (Å²) in [4.78, 5) is 3.78. The van der Waals surface area contributed by atoms with Crippen LogP contribution in [0.25, 0.3) is 10.9 Å². The summed E-state index contributed by atoms with van der Waals surface area (Å²) in [6, 6.07) is 5.83. The Balaban J connectivity index is 2.37. The number of alkyl halides is 3. The molecule has 1 aromatic heterocycles. The molecule has 3 rings (SSSR count). The van der Waals surface area contributed by atoms with Gasteiger partial charge >= 0.3 is 6.18 Å². The highest BCUT2D eigenvalue weighted by atomic mass is 19.4. The van der Waals surface area contributed by atoms with Gasteiger partial charge in [-0.3, -0.25) is 0 Å². The molecule has 0 spiro atoms. The Morgan fingerprint density at radius 1 is 1.25 bits per heavy atom. The van der Waals surface area contributed by atoms with Gasteiger partial charge in [0.05, 0.1) is 11.1 Å². The minimum atomic E-state index is -4.52. The maximum Gasteiger partial charge on any atom is 0.418 e. The van der Waals surface area contributed by atoms with Crippen molar-refractivity contribution in [2.75, 3.05) is 0 Å². The lowest BCUT2D eigenvalue weighted by Gasteiger charge is -2.14. The molecule has 1 heterocycles. The van der Waals surface area contributed by atoms with Gasteiger partial charge in [-0.2, -0.15) is 18.4 Å². The van der Waals surface area contributed by atoms with Crippen LogP contribution in [-0.2, 0) is 6.18 Å². The topological polar surface area (TPSA) is 36.7 Å². The molecule has 2 nitrogen and oxygen atoms in total. The Morgan fingerprint density at radius 3 is 2.50 bits per heavy atom. The van der Waals surface area contributed by atoms with Crippen molar-refractivity contribution in [3.63, 3.8) is 0 Å². The fourth-order valence-electron chi connectivity index (χ4n) is 2.30. The number of nitrogens with zero attached hydrogens (tertiary/aromatic N) is 2. The smallest absolute Gasteiger partial charge is 0.237 e. The Hall–Kier alpha value is -2.03. The number of aromatic nitrogens is 1. The van der Waals surface area contributed by atoms with Gasteiger partial charge in [0.2, 0.25) is 0 Å².